The third kappa shape index (κ3) is 1.31. The number of hydrogen-bond acceptors (Lipinski definition) is 3. The molecule has 0 unspecified atom stereocenters. The first-order chi connectivity index (χ1) is 8.92. The summed E-state index contributed by atoms with van der Waals surface area (Å²) in [5.41, 5.74) is 4.56. The summed E-state index contributed by atoms with van der Waals surface area (Å²) < 4.78 is 0. The molecule has 0 saturated carbocycles. The highest BCUT2D eigenvalue weighted by atomic mass is 15.5. The van der Waals surface area contributed by atoms with Crippen LogP contribution in [0.25, 0.3) is 0 Å². The van der Waals surface area contributed by atoms with Crippen LogP contribution in [0.15, 0.2) is 58.6 Å². The quantitative estimate of drug-likeness (QED) is 0.687. The van der Waals surface area contributed by atoms with Gasteiger partial charge in [0.2, 0.25) is 0 Å². The van der Waals surface area contributed by atoms with Gasteiger partial charge in [0.25, 0.3) is 0 Å². The summed E-state index contributed by atoms with van der Waals surface area (Å²) >= 11 is 0. The number of benzene rings is 2. The predicted octanol–water partition coefficient (Wildman–Crippen LogP) is 2.93. The van der Waals surface area contributed by atoms with Crippen LogP contribution in [0, 0.1) is 0 Å². The molecule has 18 heavy (non-hydrogen) atoms. The zero-order chi connectivity index (χ0) is 11.9. The fraction of sp³-hybridized carbons (Fsp3) is 0.0667. The van der Waals surface area contributed by atoms with Crippen LogP contribution in [-0.4, -0.2) is 17.1 Å². The van der Waals surface area contributed by atoms with Gasteiger partial charge < -0.3 is 0 Å². The molecule has 2 heterocycles. The normalized spacial score (nSPS) is 15.6. The van der Waals surface area contributed by atoms with E-state index in [1.54, 1.807) is 0 Å². The summed E-state index contributed by atoms with van der Waals surface area (Å²) in [5, 5.41) is 6.43. The van der Waals surface area contributed by atoms with Gasteiger partial charge >= 0.3 is 0 Å². The Morgan fingerprint density at radius 2 is 1.78 bits per heavy atom. The van der Waals surface area contributed by atoms with Gasteiger partial charge in [-0.3, -0.25) is 0 Å². The van der Waals surface area contributed by atoms with E-state index >= 15 is 0 Å². The SMILES string of the molecule is C1=NN2Cc3ccccc3N=C2c2ccccc21. The first kappa shape index (κ1) is 9.59. The van der Waals surface area contributed by atoms with Gasteiger partial charge in [0.05, 0.1) is 18.4 Å². The minimum Gasteiger partial charge on any atom is -0.243 e. The highest BCUT2D eigenvalue weighted by molar-refractivity contribution is 6.09. The maximum Gasteiger partial charge on any atom is 0.157 e. The van der Waals surface area contributed by atoms with Gasteiger partial charge in [-0.05, 0) is 11.6 Å². The largest absolute Gasteiger partial charge is 0.243 e. The van der Waals surface area contributed by atoms with Gasteiger partial charge in [-0.2, -0.15) is 5.10 Å². The number of para-hydroxylation sites is 1. The van der Waals surface area contributed by atoms with Crippen LogP contribution in [0.3, 0.4) is 0 Å². The molecule has 0 spiro atoms. The van der Waals surface area contributed by atoms with E-state index in [1.165, 1.54) is 5.56 Å². The van der Waals surface area contributed by atoms with E-state index in [-0.39, 0.29) is 0 Å². The molecule has 0 N–H and O–H groups in total. The van der Waals surface area contributed by atoms with Crippen LogP contribution >= 0.6 is 0 Å². The molecule has 2 aromatic carbocycles. The summed E-state index contributed by atoms with van der Waals surface area (Å²) in [6.45, 7) is 0.792. The fourth-order valence-electron chi connectivity index (χ4n) is 2.40. The highest BCUT2D eigenvalue weighted by Crippen LogP contribution is 2.30. The van der Waals surface area contributed by atoms with Crippen molar-refractivity contribution in [2.45, 2.75) is 6.54 Å². The summed E-state index contributed by atoms with van der Waals surface area (Å²) in [5.74, 6) is 0.951. The Balaban J connectivity index is 1.95. The summed E-state index contributed by atoms with van der Waals surface area (Å²) in [4.78, 5) is 4.74. The maximum absolute atomic E-state index is 4.74. The molecule has 86 valence electrons. The zero-order valence-corrected chi connectivity index (χ0v) is 9.74. The van der Waals surface area contributed by atoms with Crippen molar-refractivity contribution in [1.29, 1.82) is 0 Å². The number of hydrazone groups is 1. The Bertz CT molecular complexity index is 686. The molecule has 0 amide bonds. The molecule has 0 atom stereocenters. The molecule has 0 fully saturated rings. The van der Waals surface area contributed by atoms with E-state index < -0.39 is 0 Å². The first-order valence-corrected chi connectivity index (χ1v) is 5.99. The van der Waals surface area contributed by atoms with Gasteiger partial charge in [0, 0.05) is 11.1 Å². The van der Waals surface area contributed by atoms with Crippen molar-refractivity contribution in [3.8, 4) is 0 Å². The molecule has 3 nitrogen and oxygen atoms in total. The second-order valence-corrected chi connectivity index (χ2v) is 4.45. The summed E-state index contributed by atoms with van der Waals surface area (Å²) in [7, 11) is 0. The highest BCUT2D eigenvalue weighted by Gasteiger charge is 2.24. The number of fused-ring (bicyclic) bond motifs is 4. The molecule has 0 saturated heterocycles. The molecule has 0 bridgehead atoms. The minimum absolute atomic E-state index is 0.792. The molecular formula is C15H11N3. The third-order valence-corrected chi connectivity index (χ3v) is 3.32. The number of hydrogen-bond donors (Lipinski definition) is 0. The van der Waals surface area contributed by atoms with Crippen LogP contribution in [0.1, 0.15) is 16.7 Å². The van der Waals surface area contributed by atoms with Crippen molar-refractivity contribution in [2.24, 2.45) is 10.1 Å². The number of nitrogens with zero attached hydrogens (tertiary/aromatic N) is 3. The summed E-state index contributed by atoms with van der Waals surface area (Å²) in [6.07, 6.45) is 1.91. The fourth-order valence-corrected chi connectivity index (χ4v) is 2.40. The van der Waals surface area contributed by atoms with Crippen molar-refractivity contribution in [3.05, 3.63) is 65.2 Å². The molecule has 0 aliphatic carbocycles. The second kappa shape index (κ2) is 3.53. The average Bonchev–Trinajstić information content (AvgIpc) is 2.45. The number of aliphatic imine (C=N–C) groups is 1. The molecule has 2 aromatic rings. The number of amidine groups is 1. The van der Waals surface area contributed by atoms with Crippen molar-refractivity contribution in [2.75, 3.05) is 0 Å². The van der Waals surface area contributed by atoms with Gasteiger partial charge in [-0.25, -0.2) is 10.0 Å². The molecule has 2 aliphatic rings. The van der Waals surface area contributed by atoms with E-state index in [0.717, 1.165) is 29.2 Å². The van der Waals surface area contributed by atoms with Gasteiger partial charge in [-0.15, -0.1) is 0 Å². The third-order valence-electron chi connectivity index (χ3n) is 3.32. The summed E-state index contributed by atoms with van der Waals surface area (Å²) in [6, 6.07) is 16.5. The van der Waals surface area contributed by atoms with Crippen LogP contribution < -0.4 is 0 Å². The lowest BCUT2D eigenvalue weighted by Crippen LogP contribution is -2.32. The van der Waals surface area contributed by atoms with Crippen molar-refractivity contribution in [3.63, 3.8) is 0 Å². The second-order valence-electron chi connectivity index (χ2n) is 4.45. The van der Waals surface area contributed by atoms with Gasteiger partial charge in [0.15, 0.2) is 5.84 Å². The van der Waals surface area contributed by atoms with Gasteiger partial charge in [-0.1, -0.05) is 42.5 Å². The minimum atomic E-state index is 0.792. The lowest BCUT2D eigenvalue weighted by Gasteiger charge is -2.29. The Kier molecular flexibility index (Phi) is 1.88. The van der Waals surface area contributed by atoms with Crippen molar-refractivity contribution < 1.29 is 0 Å². The molecule has 0 radical (unpaired) electrons. The zero-order valence-electron chi connectivity index (χ0n) is 9.74. The lowest BCUT2D eigenvalue weighted by atomic mass is 10.0. The molecular weight excluding hydrogens is 222 g/mol. The smallest absolute Gasteiger partial charge is 0.157 e. The van der Waals surface area contributed by atoms with Crippen LogP contribution in [-0.2, 0) is 6.54 Å². The molecule has 3 heteroatoms. The van der Waals surface area contributed by atoms with E-state index in [4.69, 9.17) is 4.99 Å². The van der Waals surface area contributed by atoms with Crippen molar-refractivity contribution in [1.82, 2.24) is 5.01 Å². The number of rotatable bonds is 0. The maximum atomic E-state index is 4.74. The van der Waals surface area contributed by atoms with Crippen LogP contribution in [0.4, 0.5) is 5.69 Å². The van der Waals surface area contributed by atoms with E-state index in [0.29, 0.717) is 0 Å². The van der Waals surface area contributed by atoms with E-state index in [2.05, 4.69) is 29.4 Å². The average molecular weight is 233 g/mol. The monoisotopic (exact) mass is 233 g/mol. The van der Waals surface area contributed by atoms with Crippen molar-refractivity contribution >= 4 is 17.7 Å². The topological polar surface area (TPSA) is 28.0 Å². The Morgan fingerprint density at radius 1 is 0.944 bits per heavy atom. The first-order valence-electron chi connectivity index (χ1n) is 5.99. The van der Waals surface area contributed by atoms with Crippen LogP contribution in [0.2, 0.25) is 0 Å². The lowest BCUT2D eigenvalue weighted by molar-refractivity contribution is 0.433. The van der Waals surface area contributed by atoms with Gasteiger partial charge in [0.1, 0.15) is 0 Å². The molecule has 4 rings (SSSR count). The van der Waals surface area contributed by atoms with E-state index in [1.807, 2.05) is 35.5 Å². The van der Waals surface area contributed by atoms with E-state index in [9.17, 15) is 0 Å². The van der Waals surface area contributed by atoms with Crippen LogP contribution in [0.5, 0.6) is 0 Å². The Hall–Kier alpha value is -2.42. The Labute approximate surface area is 105 Å². The molecule has 2 aliphatic heterocycles. The Morgan fingerprint density at radius 3 is 2.78 bits per heavy atom. The predicted molar refractivity (Wildman–Crippen MR) is 72.2 cm³/mol. The molecule has 0 aromatic heterocycles. The standard InChI is InChI=1S/C15H11N3/c1-3-7-13-11(5-1)9-16-18-10-12-6-2-4-8-14(12)17-15(13)18/h1-9H,10H2.